The molecular formula is C18H23N3O7S3. The Hall–Kier alpha value is -1.67. The molecule has 1 atom stereocenters. The van der Waals surface area contributed by atoms with E-state index in [1.165, 1.54) is 21.3 Å². The Bertz CT molecular complexity index is 1190. The number of rotatable bonds is 6. The lowest BCUT2D eigenvalue weighted by Gasteiger charge is -2.25. The SMILES string of the molecule is CN(C(=O)CSc1nc2cc(S(=O)(=O)N3CCOCC3)ccc2o1)C1CCS(=O)(=O)C1. The fourth-order valence-electron chi connectivity index (χ4n) is 3.55. The van der Waals surface area contributed by atoms with E-state index in [2.05, 4.69) is 4.98 Å². The van der Waals surface area contributed by atoms with Crippen LogP contribution in [0, 0.1) is 0 Å². The largest absolute Gasteiger partial charge is 0.431 e. The van der Waals surface area contributed by atoms with Crippen LogP contribution in [0.15, 0.2) is 32.7 Å². The summed E-state index contributed by atoms with van der Waals surface area (Å²) in [5.41, 5.74) is 0.811. The number of hydrogen-bond donors (Lipinski definition) is 0. The van der Waals surface area contributed by atoms with E-state index < -0.39 is 19.9 Å². The van der Waals surface area contributed by atoms with Gasteiger partial charge in [0.05, 0.1) is 35.4 Å². The minimum atomic E-state index is -3.65. The molecule has 2 saturated heterocycles. The average Bonchev–Trinajstić information content (AvgIpc) is 3.33. The minimum Gasteiger partial charge on any atom is -0.431 e. The van der Waals surface area contributed by atoms with E-state index in [0.717, 1.165) is 11.8 Å². The van der Waals surface area contributed by atoms with Gasteiger partial charge in [0.1, 0.15) is 5.52 Å². The van der Waals surface area contributed by atoms with Gasteiger partial charge in [0.2, 0.25) is 15.9 Å². The Morgan fingerprint density at radius 2 is 2.06 bits per heavy atom. The van der Waals surface area contributed by atoms with Crippen molar-refractivity contribution in [2.24, 2.45) is 0 Å². The standard InChI is InChI=1S/C18H23N3O7S3/c1-20(13-4-9-30(23,24)12-13)17(22)11-29-18-19-15-10-14(2-3-16(15)28-18)31(25,26)21-5-7-27-8-6-21/h2-3,10,13H,4-9,11-12H2,1H3. The highest BCUT2D eigenvalue weighted by Gasteiger charge is 2.33. The van der Waals surface area contributed by atoms with E-state index in [9.17, 15) is 21.6 Å². The summed E-state index contributed by atoms with van der Waals surface area (Å²) in [6.45, 7) is 1.33. The quantitative estimate of drug-likeness (QED) is 0.536. The van der Waals surface area contributed by atoms with E-state index in [1.54, 1.807) is 13.1 Å². The zero-order valence-corrected chi connectivity index (χ0v) is 19.3. The molecule has 0 saturated carbocycles. The van der Waals surface area contributed by atoms with Crippen molar-refractivity contribution in [2.45, 2.75) is 22.6 Å². The highest BCUT2D eigenvalue weighted by Crippen LogP contribution is 2.27. The molecule has 1 aromatic heterocycles. The summed E-state index contributed by atoms with van der Waals surface area (Å²) >= 11 is 1.09. The average molecular weight is 490 g/mol. The van der Waals surface area contributed by atoms with Gasteiger partial charge in [-0.15, -0.1) is 0 Å². The predicted molar refractivity (Wildman–Crippen MR) is 114 cm³/mol. The van der Waals surface area contributed by atoms with E-state index in [0.29, 0.717) is 43.8 Å². The number of hydrogen-bond acceptors (Lipinski definition) is 9. The number of carbonyl (C=O) groups excluding carboxylic acids is 1. The summed E-state index contributed by atoms with van der Waals surface area (Å²) in [5, 5.41) is 0.247. The van der Waals surface area contributed by atoms with Crippen molar-refractivity contribution in [3.8, 4) is 0 Å². The third kappa shape index (κ3) is 4.90. The molecule has 13 heteroatoms. The molecule has 1 unspecified atom stereocenters. The molecule has 0 spiro atoms. The van der Waals surface area contributed by atoms with Crippen molar-refractivity contribution in [1.29, 1.82) is 0 Å². The Kier molecular flexibility index (Phi) is 6.32. The maximum Gasteiger partial charge on any atom is 0.257 e. The van der Waals surface area contributed by atoms with Gasteiger partial charge in [0.25, 0.3) is 5.22 Å². The van der Waals surface area contributed by atoms with Crippen LogP contribution < -0.4 is 0 Å². The lowest BCUT2D eigenvalue weighted by Crippen LogP contribution is -2.40. The van der Waals surface area contributed by atoms with Crippen LogP contribution in [0.1, 0.15) is 6.42 Å². The van der Waals surface area contributed by atoms with Crippen LogP contribution in [0.25, 0.3) is 11.1 Å². The number of ether oxygens (including phenoxy) is 1. The van der Waals surface area contributed by atoms with E-state index in [4.69, 9.17) is 9.15 Å². The molecular weight excluding hydrogens is 466 g/mol. The summed E-state index contributed by atoms with van der Waals surface area (Å²) in [6.07, 6.45) is 0.443. The number of benzene rings is 1. The first-order valence-electron chi connectivity index (χ1n) is 9.73. The van der Waals surface area contributed by atoms with E-state index in [-0.39, 0.29) is 39.3 Å². The van der Waals surface area contributed by atoms with Crippen LogP contribution in [-0.2, 0) is 29.4 Å². The molecule has 2 aliphatic rings. The summed E-state index contributed by atoms with van der Waals surface area (Å²) in [5.74, 6) is -0.0874. The number of amides is 1. The van der Waals surface area contributed by atoms with Crippen LogP contribution in [-0.4, -0.2) is 93.6 Å². The summed E-state index contributed by atoms with van der Waals surface area (Å²) in [6, 6.07) is 4.18. The predicted octanol–water partition coefficient (Wildman–Crippen LogP) is 0.586. The monoisotopic (exact) mass is 489 g/mol. The first-order valence-corrected chi connectivity index (χ1v) is 14.0. The van der Waals surface area contributed by atoms with Gasteiger partial charge < -0.3 is 14.1 Å². The molecule has 0 radical (unpaired) electrons. The van der Waals surface area contributed by atoms with Gasteiger partial charge in [-0.2, -0.15) is 4.31 Å². The van der Waals surface area contributed by atoms with Crippen molar-refractivity contribution >= 4 is 48.6 Å². The zero-order chi connectivity index (χ0) is 22.2. The van der Waals surface area contributed by atoms with Crippen molar-refractivity contribution in [2.75, 3.05) is 50.6 Å². The van der Waals surface area contributed by atoms with Crippen LogP contribution >= 0.6 is 11.8 Å². The second-order valence-corrected chi connectivity index (χ2v) is 12.6. The van der Waals surface area contributed by atoms with Gasteiger partial charge >= 0.3 is 0 Å². The van der Waals surface area contributed by atoms with E-state index >= 15 is 0 Å². The summed E-state index contributed by atoms with van der Waals surface area (Å²) in [4.78, 5) is 18.3. The van der Waals surface area contributed by atoms with Crippen LogP contribution in [0.2, 0.25) is 0 Å². The normalized spacial score (nSPS) is 22.0. The van der Waals surface area contributed by atoms with Gasteiger partial charge in [-0.25, -0.2) is 21.8 Å². The molecule has 1 amide bonds. The highest BCUT2D eigenvalue weighted by molar-refractivity contribution is 7.99. The van der Waals surface area contributed by atoms with Gasteiger partial charge in [-0.05, 0) is 24.6 Å². The molecule has 2 aromatic rings. The van der Waals surface area contributed by atoms with Gasteiger partial charge in [0.15, 0.2) is 15.4 Å². The van der Waals surface area contributed by atoms with E-state index in [1.807, 2.05) is 0 Å². The molecule has 2 fully saturated rings. The fraction of sp³-hybridized carbons (Fsp3) is 0.556. The Balaban J connectivity index is 1.43. The second kappa shape index (κ2) is 8.70. The third-order valence-corrected chi connectivity index (χ3v) is 9.87. The minimum absolute atomic E-state index is 0.0107. The Labute approximate surface area is 184 Å². The van der Waals surface area contributed by atoms with Gasteiger partial charge in [-0.1, -0.05) is 11.8 Å². The van der Waals surface area contributed by atoms with Gasteiger partial charge in [0, 0.05) is 26.2 Å². The van der Waals surface area contributed by atoms with Crippen molar-refractivity contribution in [3.63, 3.8) is 0 Å². The molecule has 1 aromatic carbocycles. The van der Waals surface area contributed by atoms with Crippen LogP contribution in [0.3, 0.4) is 0 Å². The fourth-order valence-corrected chi connectivity index (χ4v) is 7.52. The third-order valence-electron chi connectivity index (χ3n) is 5.42. The lowest BCUT2D eigenvalue weighted by molar-refractivity contribution is -0.128. The smallest absolute Gasteiger partial charge is 0.257 e. The molecule has 10 nitrogen and oxygen atoms in total. The molecule has 4 rings (SSSR count). The maximum absolute atomic E-state index is 12.8. The number of carbonyl (C=O) groups is 1. The first-order chi connectivity index (χ1) is 14.7. The number of thioether (sulfide) groups is 1. The van der Waals surface area contributed by atoms with Crippen LogP contribution in [0.5, 0.6) is 0 Å². The van der Waals surface area contributed by atoms with Gasteiger partial charge in [-0.3, -0.25) is 4.79 Å². The molecule has 0 N–H and O–H groups in total. The molecule has 3 heterocycles. The molecule has 170 valence electrons. The molecule has 0 aliphatic carbocycles. The lowest BCUT2D eigenvalue weighted by atomic mass is 10.2. The second-order valence-electron chi connectivity index (χ2n) is 7.48. The highest BCUT2D eigenvalue weighted by atomic mass is 32.2. The van der Waals surface area contributed by atoms with Crippen LogP contribution in [0.4, 0.5) is 0 Å². The summed E-state index contributed by atoms with van der Waals surface area (Å²) < 4.78 is 61.1. The number of oxazole rings is 1. The maximum atomic E-state index is 12.8. The number of nitrogens with zero attached hydrogens (tertiary/aromatic N) is 3. The van der Waals surface area contributed by atoms with Crippen molar-refractivity contribution in [3.05, 3.63) is 18.2 Å². The summed E-state index contributed by atoms with van der Waals surface area (Å²) in [7, 11) is -5.12. The Morgan fingerprint density at radius 1 is 1.32 bits per heavy atom. The number of fused-ring (bicyclic) bond motifs is 1. The topological polar surface area (TPSA) is 127 Å². The Morgan fingerprint density at radius 3 is 2.74 bits per heavy atom. The zero-order valence-electron chi connectivity index (χ0n) is 16.9. The van der Waals surface area contributed by atoms with Crippen molar-refractivity contribution in [1.82, 2.24) is 14.2 Å². The molecule has 2 aliphatic heterocycles. The molecule has 31 heavy (non-hydrogen) atoms. The van der Waals surface area contributed by atoms with Crippen molar-refractivity contribution < 1.29 is 30.8 Å². The first kappa shape index (κ1) is 22.5. The molecule has 0 bridgehead atoms. The number of sulfone groups is 1. The number of sulfonamides is 1. The number of morpholine rings is 1. The number of aromatic nitrogens is 1.